The van der Waals surface area contributed by atoms with E-state index in [4.69, 9.17) is 4.74 Å². The molecule has 0 bridgehead atoms. The molecule has 19 heavy (non-hydrogen) atoms. The minimum Gasteiger partial charge on any atom is -0.497 e. The van der Waals surface area contributed by atoms with Crippen molar-refractivity contribution in [2.45, 2.75) is 0 Å². The van der Waals surface area contributed by atoms with Crippen molar-refractivity contribution in [3.63, 3.8) is 0 Å². The molecule has 1 aliphatic rings. The number of hydrogen-bond acceptors (Lipinski definition) is 4. The standard InChI is InChI=1S/C14H21N3O2/c1-19-13-4-2-12(3-5-13)14(18)16-8-11-17-9-6-15-7-10-17/h2-5,15H,6-11H2,1H3,(H,16,18). The van der Waals surface area contributed by atoms with Crippen LogP contribution >= 0.6 is 0 Å². The van der Waals surface area contributed by atoms with Gasteiger partial charge in [-0.15, -0.1) is 0 Å². The quantitative estimate of drug-likeness (QED) is 0.804. The molecule has 1 aromatic carbocycles. The van der Waals surface area contributed by atoms with Crippen LogP contribution in [0, 0.1) is 0 Å². The molecule has 0 spiro atoms. The van der Waals surface area contributed by atoms with Gasteiger partial charge in [-0.1, -0.05) is 0 Å². The van der Waals surface area contributed by atoms with Gasteiger partial charge in [-0.05, 0) is 24.3 Å². The molecule has 0 aromatic heterocycles. The highest BCUT2D eigenvalue weighted by Gasteiger charge is 2.10. The van der Waals surface area contributed by atoms with Crippen LogP contribution in [0.5, 0.6) is 5.75 Å². The van der Waals surface area contributed by atoms with Crippen LogP contribution in [0.2, 0.25) is 0 Å². The molecule has 0 aliphatic carbocycles. The van der Waals surface area contributed by atoms with Crippen LogP contribution in [0.1, 0.15) is 10.4 Å². The van der Waals surface area contributed by atoms with E-state index in [1.165, 1.54) is 0 Å². The third-order valence-corrected chi connectivity index (χ3v) is 3.28. The summed E-state index contributed by atoms with van der Waals surface area (Å²) in [6.45, 7) is 5.77. The molecular formula is C14H21N3O2. The van der Waals surface area contributed by atoms with Crippen molar-refractivity contribution < 1.29 is 9.53 Å². The largest absolute Gasteiger partial charge is 0.497 e. The molecule has 1 saturated heterocycles. The Balaban J connectivity index is 1.73. The second kappa shape index (κ2) is 7.11. The van der Waals surface area contributed by atoms with Gasteiger partial charge in [-0.3, -0.25) is 9.69 Å². The number of amides is 1. The molecule has 104 valence electrons. The Hall–Kier alpha value is -1.59. The van der Waals surface area contributed by atoms with E-state index >= 15 is 0 Å². The number of carbonyl (C=O) groups is 1. The lowest BCUT2D eigenvalue weighted by molar-refractivity contribution is 0.0947. The summed E-state index contributed by atoms with van der Waals surface area (Å²) < 4.78 is 5.07. The SMILES string of the molecule is COc1ccc(C(=O)NCCN2CCNCC2)cc1. The van der Waals surface area contributed by atoms with E-state index in [-0.39, 0.29) is 5.91 Å². The smallest absolute Gasteiger partial charge is 0.251 e. The molecule has 2 N–H and O–H groups in total. The van der Waals surface area contributed by atoms with Crippen LogP contribution in [-0.2, 0) is 0 Å². The van der Waals surface area contributed by atoms with Crippen LogP contribution < -0.4 is 15.4 Å². The van der Waals surface area contributed by atoms with Crippen molar-refractivity contribution in [3.8, 4) is 5.75 Å². The monoisotopic (exact) mass is 263 g/mol. The maximum Gasteiger partial charge on any atom is 0.251 e. The number of nitrogens with zero attached hydrogens (tertiary/aromatic N) is 1. The van der Waals surface area contributed by atoms with E-state index in [0.29, 0.717) is 12.1 Å². The Labute approximate surface area is 113 Å². The average Bonchev–Trinajstić information content (AvgIpc) is 2.48. The number of benzene rings is 1. The summed E-state index contributed by atoms with van der Waals surface area (Å²) in [5, 5.41) is 6.25. The third-order valence-electron chi connectivity index (χ3n) is 3.28. The average molecular weight is 263 g/mol. The Bertz CT molecular complexity index is 400. The van der Waals surface area contributed by atoms with E-state index in [1.54, 1.807) is 31.4 Å². The molecule has 1 aromatic rings. The lowest BCUT2D eigenvalue weighted by Crippen LogP contribution is -2.46. The number of piperazine rings is 1. The van der Waals surface area contributed by atoms with E-state index in [2.05, 4.69) is 15.5 Å². The molecule has 2 rings (SSSR count). The van der Waals surface area contributed by atoms with Crippen molar-refractivity contribution in [2.24, 2.45) is 0 Å². The fourth-order valence-electron chi connectivity index (χ4n) is 2.11. The van der Waals surface area contributed by atoms with Crippen molar-refractivity contribution in [1.29, 1.82) is 0 Å². The topological polar surface area (TPSA) is 53.6 Å². The van der Waals surface area contributed by atoms with Crippen molar-refractivity contribution in [3.05, 3.63) is 29.8 Å². The van der Waals surface area contributed by atoms with Gasteiger partial charge in [0.1, 0.15) is 5.75 Å². The molecule has 1 fully saturated rings. The van der Waals surface area contributed by atoms with Gasteiger partial charge in [0.15, 0.2) is 0 Å². The zero-order chi connectivity index (χ0) is 13.5. The Kier molecular flexibility index (Phi) is 5.18. The van der Waals surface area contributed by atoms with Gasteiger partial charge in [0.2, 0.25) is 0 Å². The molecule has 5 heteroatoms. The molecular weight excluding hydrogens is 242 g/mol. The first-order valence-corrected chi connectivity index (χ1v) is 6.65. The maximum absolute atomic E-state index is 11.9. The molecule has 1 amide bonds. The molecule has 5 nitrogen and oxygen atoms in total. The Morgan fingerprint density at radius 3 is 2.63 bits per heavy atom. The highest BCUT2D eigenvalue weighted by Crippen LogP contribution is 2.10. The number of rotatable bonds is 5. The number of ether oxygens (including phenoxy) is 1. The van der Waals surface area contributed by atoms with Gasteiger partial charge in [-0.2, -0.15) is 0 Å². The molecule has 0 unspecified atom stereocenters. The number of methoxy groups -OCH3 is 1. The normalized spacial score (nSPS) is 16.1. The van der Waals surface area contributed by atoms with Gasteiger partial charge < -0.3 is 15.4 Å². The maximum atomic E-state index is 11.9. The lowest BCUT2D eigenvalue weighted by Gasteiger charge is -2.27. The first-order chi connectivity index (χ1) is 9.29. The van der Waals surface area contributed by atoms with E-state index in [1.807, 2.05) is 0 Å². The van der Waals surface area contributed by atoms with Gasteiger partial charge in [-0.25, -0.2) is 0 Å². The summed E-state index contributed by atoms with van der Waals surface area (Å²) in [5.74, 6) is 0.732. The lowest BCUT2D eigenvalue weighted by atomic mass is 10.2. The summed E-state index contributed by atoms with van der Waals surface area (Å²) in [6, 6.07) is 7.15. The van der Waals surface area contributed by atoms with E-state index < -0.39 is 0 Å². The summed E-state index contributed by atoms with van der Waals surface area (Å²) in [7, 11) is 1.61. The first-order valence-electron chi connectivity index (χ1n) is 6.65. The summed E-state index contributed by atoms with van der Waals surface area (Å²) in [5.41, 5.74) is 0.668. The first kappa shape index (κ1) is 13.8. The zero-order valence-electron chi connectivity index (χ0n) is 11.3. The second-order valence-corrected chi connectivity index (χ2v) is 4.58. The Morgan fingerprint density at radius 1 is 1.32 bits per heavy atom. The van der Waals surface area contributed by atoms with Crippen molar-refractivity contribution in [2.75, 3.05) is 46.4 Å². The van der Waals surface area contributed by atoms with Gasteiger partial charge >= 0.3 is 0 Å². The molecule has 1 aliphatic heterocycles. The van der Waals surface area contributed by atoms with Gasteiger partial charge in [0, 0.05) is 44.8 Å². The van der Waals surface area contributed by atoms with Crippen LogP contribution in [0.25, 0.3) is 0 Å². The van der Waals surface area contributed by atoms with Crippen LogP contribution in [0.4, 0.5) is 0 Å². The van der Waals surface area contributed by atoms with Crippen LogP contribution in [-0.4, -0.2) is 57.2 Å². The highest BCUT2D eigenvalue weighted by molar-refractivity contribution is 5.94. The fourth-order valence-corrected chi connectivity index (χ4v) is 2.11. The van der Waals surface area contributed by atoms with Crippen LogP contribution in [0.15, 0.2) is 24.3 Å². The Morgan fingerprint density at radius 2 is 2.00 bits per heavy atom. The predicted octanol–water partition coefficient (Wildman–Crippen LogP) is 0.330. The molecule has 0 atom stereocenters. The highest BCUT2D eigenvalue weighted by atomic mass is 16.5. The molecule has 1 heterocycles. The van der Waals surface area contributed by atoms with Crippen LogP contribution in [0.3, 0.4) is 0 Å². The van der Waals surface area contributed by atoms with Gasteiger partial charge in [0.25, 0.3) is 5.91 Å². The summed E-state index contributed by atoms with van der Waals surface area (Å²) >= 11 is 0. The minimum atomic E-state index is -0.0298. The van der Waals surface area contributed by atoms with Gasteiger partial charge in [0.05, 0.1) is 7.11 Å². The zero-order valence-corrected chi connectivity index (χ0v) is 11.3. The van der Waals surface area contributed by atoms with Crippen molar-refractivity contribution in [1.82, 2.24) is 15.5 Å². The second-order valence-electron chi connectivity index (χ2n) is 4.58. The number of carbonyl (C=O) groups excluding carboxylic acids is 1. The third kappa shape index (κ3) is 4.22. The molecule has 0 radical (unpaired) electrons. The number of nitrogens with one attached hydrogen (secondary N) is 2. The van der Waals surface area contributed by atoms with Crippen molar-refractivity contribution >= 4 is 5.91 Å². The fraction of sp³-hybridized carbons (Fsp3) is 0.500. The summed E-state index contributed by atoms with van der Waals surface area (Å²) in [4.78, 5) is 14.3. The van der Waals surface area contributed by atoms with E-state index in [9.17, 15) is 4.79 Å². The predicted molar refractivity (Wildman–Crippen MR) is 74.6 cm³/mol. The molecule has 0 saturated carbocycles. The summed E-state index contributed by atoms with van der Waals surface area (Å²) in [6.07, 6.45) is 0. The number of hydrogen-bond donors (Lipinski definition) is 2. The van der Waals surface area contributed by atoms with E-state index in [0.717, 1.165) is 38.5 Å². The minimum absolute atomic E-state index is 0.0298.